The number of allylic oxidation sites excluding steroid dienone is 3. The summed E-state index contributed by atoms with van der Waals surface area (Å²) in [5, 5.41) is 0. The Labute approximate surface area is 142 Å². The van der Waals surface area contributed by atoms with Gasteiger partial charge in [-0.1, -0.05) is 48.9 Å². The molecule has 1 aromatic rings. The van der Waals surface area contributed by atoms with Gasteiger partial charge in [-0.05, 0) is 66.4 Å². The SMILES string of the molecule is CC(C)(C)CCCc1cc(Br)c2c(c1)OCC1=C2C=CCC1. The van der Waals surface area contributed by atoms with E-state index in [1.165, 1.54) is 39.6 Å². The molecule has 1 aliphatic heterocycles. The topological polar surface area (TPSA) is 9.23 Å². The lowest BCUT2D eigenvalue weighted by molar-refractivity contribution is 0.340. The molecule has 0 spiro atoms. The van der Waals surface area contributed by atoms with E-state index in [0.29, 0.717) is 5.41 Å². The molecule has 1 nitrogen and oxygen atoms in total. The molecule has 0 saturated carbocycles. The van der Waals surface area contributed by atoms with Crippen molar-refractivity contribution >= 4 is 21.5 Å². The van der Waals surface area contributed by atoms with Crippen LogP contribution in [0.1, 0.15) is 57.6 Å². The molecule has 0 saturated heterocycles. The van der Waals surface area contributed by atoms with Crippen LogP contribution in [0.15, 0.2) is 34.3 Å². The molecule has 2 aliphatic rings. The monoisotopic (exact) mass is 360 g/mol. The Hall–Kier alpha value is -1.02. The lowest BCUT2D eigenvalue weighted by atomic mass is 9.87. The summed E-state index contributed by atoms with van der Waals surface area (Å²) in [5.41, 5.74) is 5.85. The first-order valence-electron chi connectivity index (χ1n) is 8.28. The molecule has 0 bridgehead atoms. The molecule has 2 heteroatoms. The second-order valence-corrected chi connectivity index (χ2v) is 8.47. The summed E-state index contributed by atoms with van der Waals surface area (Å²) < 4.78 is 7.22. The van der Waals surface area contributed by atoms with Gasteiger partial charge in [0.05, 0.1) is 0 Å². The maximum atomic E-state index is 6.04. The van der Waals surface area contributed by atoms with Crippen LogP contribution in [0, 0.1) is 5.41 Å². The van der Waals surface area contributed by atoms with Crippen molar-refractivity contribution < 1.29 is 4.74 Å². The summed E-state index contributed by atoms with van der Waals surface area (Å²) in [5.74, 6) is 1.05. The molecule has 0 unspecified atom stereocenters. The molecule has 118 valence electrons. The number of halogens is 1. The first-order chi connectivity index (χ1) is 10.4. The maximum Gasteiger partial charge on any atom is 0.129 e. The lowest BCUT2D eigenvalue weighted by Gasteiger charge is -2.26. The fourth-order valence-corrected chi connectivity index (χ4v) is 3.97. The van der Waals surface area contributed by atoms with Crippen molar-refractivity contribution in [3.8, 4) is 5.75 Å². The molecule has 22 heavy (non-hydrogen) atoms. The Morgan fingerprint density at radius 3 is 2.82 bits per heavy atom. The van der Waals surface area contributed by atoms with E-state index in [4.69, 9.17) is 4.74 Å². The summed E-state index contributed by atoms with van der Waals surface area (Å²) in [6, 6.07) is 4.53. The smallest absolute Gasteiger partial charge is 0.129 e. The molecule has 3 rings (SSSR count). The molecule has 0 N–H and O–H groups in total. The summed E-state index contributed by atoms with van der Waals surface area (Å²) >= 11 is 3.78. The van der Waals surface area contributed by atoms with Crippen molar-refractivity contribution in [2.75, 3.05) is 6.61 Å². The van der Waals surface area contributed by atoms with E-state index < -0.39 is 0 Å². The van der Waals surface area contributed by atoms with Gasteiger partial charge in [0.15, 0.2) is 0 Å². The normalized spacial score (nSPS) is 17.1. The van der Waals surface area contributed by atoms with Gasteiger partial charge >= 0.3 is 0 Å². The van der Waals surface area contributed by atoms with Gasteiger partial charge in [0.25, 0.3) is 0 Å². The number of aryl methyl sites for hydroxylation is 1. The van der Waals surface area contributed by atoms with Crippen molar-refractivity contribution in [3.05, 3.63) is 45.5 Å². The minimum atomic E-state index is 0.411. The van der Waals surface area contributed by atoms with Gasteiger partial charge in [-0.3, -0.25) is 0 Å². The highest BCUT2D eigenvalue weighted by Crippen LogP contribution is 2.42. The van der Waals surface area contributed by atoms with Gasteiger partial charge in [0.2, 0.25) is 0 Å². The number of rotatable bonds is 3. The third-order valence-electron chi connectivity index (χ3n) is 4.46. The van der Waals surface area contributed by atoms with Gasteiger partial charge in [-0.2, -0.15) is 0 Å². The van der Waals surface area contributed by atoms with Crippen LogP contribution < -0.4 is 4.74 Å². The zero-order valence-corrected chi connectivity index (χ0v) is 15.4. The Kier molecular flexibility index (Phi) is 4.49. The number of hydrogen-bond donors (Lipinski definition) is 0. The number of benzene rings is 1. The highest BCUT2D eigenvalue weighted by Gasteiger charge is 2.23. The van der Waals surface area contributed by atoms with Crippen LogP contribution in [-0.2, 0) is 6.42 Å². The molecule has 0 radical (unpaired) electrons. The second kappa shape index (κ2) is 6.23. The van der Waals surface area contributed by atoms with Gasteiger partial charge in [0, 0.05) is 10.0 Å². The highest BCUT2D eigenvalue weighted by atomic mass is 79.9. The lowest BCUT2D eigenvalue weighted by Crippen LogP contribution is -2.13. The van der Waals surface area contributed by atoms with Crippen LogP contribution in [0.25, 0.3) is 5.57 Å². The Bertz CT molecular complexity index is 632. The molecular formula is C20H25BrO. The predicted molar refractivity (Wildman–Crippen MR) is 97.3 cm³/mol. The van der Waals surface area contributed by atoms with E-state index in [2.05, 4.69) is 61.0 Å². The summed E-state index contributed by atoms with van der Waals surface area (Å²) in [6.07, 6.45) is 10.4. The largest absolute Gasteiger partial charge is 0.489 e. The zero-order valence-electron chi connectivity index (χ0n) is 13.8. The minimum Gasteiger partial charge on any atom is -0.489 e. The standard InChI is InChI=1S/C20H25BrO/c1-20(2,3)10-6-7-14-11-17(21)19-16-9-5-4-8-15(16)13-22-18(19)12-14/h5,9,11-12H,4,6-8,10,13H2,1-3H3. The van der Waals surface area contributed by atoms with Gasteiger partial charge in [-0.15, -0.1) is 0 Å². The minimum absolute atomic E-state index is 0.411. The van der Waals surface area contributed by atoms with Crippen molar-refractivity contribution in [1.82, 2.24) is 0 Å². The van der Waals surface area contributed by atoms with E-state index in [0.717, 1.165) is 31.6 Å². The van der Waals surface area contributed by atoms with E-state index in [-0.39, 0.29) is 0 Å². The summed E-state index contributed by atoms with van der Waals surface area (Å²) in [7, 11) is 0. The number of hydrogen-bond acceptors (Lipinski definition) is 1. The highest BCUT2D eigenvalue weighted by molar-refractivity contribution is 9.10. The van der Waals surface area contributed by atoms with Crippen molar-refractivity contribution in [2.45, 2.75) is 52.9 Å². The zero-order chi connectivity index (χ0) is 15.7. The Balaban J connectivity index is 1.83. The predicted octanol–water partition coefficient (Wildman–Crippen LogP) is 6.31. The molecule has 1 heterocycles. The van der Waals surface area contributed by atoms with Crippen LogP contribution in [0.4, 0.5) is 0 Å². The average molecular weight is 361 g/mol. The summed E-state index contributed by atoms with van der Waals surface area (Å²) in [4.78, 5) is 0. The Morgan fingerprint density at radius 2 is 2.05 bits per heavy atom. The van der Waals surface area contributed by atoms with E-state index in [9.17, 15) is 0 Å². The molecule has 1 aliphatic carbocycles. The average Bonchev–Trinajstić information content (AvgIpc) is 2.45. The van der Waals surface area contributed by atoms with Gasteiger partial charge in [0.1, 0.15) is 12.4 Å². The van der Waals surface area contributed by atoms with Crippen molar-refractivity contribution in [3.63, 3.8) is 0 Å². The molecule has 1 aromatic carbocycles. The Morgan fingerprint density at radius 1 is 1.23 bits per heavy atom. The second-order valence-electron chi connectivity index (χ2n) is 7.61. The van der Waals surface area contributed by atoms with Crippen LogP contribution in [0.3, 0.4) is 0 Å². The molecule has 0 atom stereocenters. The number of ether oxygens (including phenoxy) is 1. The fourth-order valence-electron chi connectivity index (χ4n) is 3.26. The fraction of sp³-hybridized carbons (Fsp3) is 0.500. The third-order valence-corrected chi connectivity index (χ3v) is 5.08. The van der Waals surface area contributed by atoms with Crippen LogP contribution in [0.2, 0.25) is 0 Å². The van der Waals surface area contributed by atoms with Crippen LogP contribution in [0.5, 0.6) is 5.75 Å². The molecule has 0 fully saturated rings. The molecular weight excluding hydrogens is 336 g/mol. The van der Waals surface area contributed by atoms with Crippen LogP contribution in [-0.4, -0.2) is 6.61 Å². The van der Waals surface area contributed by atoms with Gasteiger partial charge in [-0.25, -0.2) is 0 Å². The quantitative estimate of drug-likeness (QED) is 0.613. The third kappa shape index (κ3) is 3.48. The van der Waals surface area contributed by atoms with Gasteiger partial charge < -0.3 is 4.74 Å². The first-order valence-corrected chi connectivity index (χ1v) is 9.07. The van der Waals surface area contributed by atoms with E-state index in [1.54, 1.807) is 0 Å². The summed E-state index contributed by atoms with van der Waals surface area (Å²) in [6.45, 7) is 7.68. The van der Waals surface area contributed by atoms with E-state index >= 15 is 0 Å². The van der Waals surface area contributed by atoms with Crippen LogP contribution >= 0.6 is 15.9 Å². The molecule has 0 aromatic heterocycles. The van der Waals surface area contributed by atoms with Crippen molar-refractivity contribution in [2.24, 2.45) is 5.41 Å². The van der Waals surface area contributed by atoms with E-state index in [1.807, 2.05) is 0 Å². The number of fused-ring (bicyclic) bond motifs is 2. The first kappa shape index (κ1) is 15.9. The maximum absolute atomic E-state index is 6.04. The molecule has 0 amide bonds. The van der Waals surface area contributed by atoms with Crippen molar-refractivity contribution in [1.29, 1.82) is 0 Å².